The lowest BCUT2D eigenvalue weighted by Crippen LogP contribution is -2.47. The lowest BCUT2D eigenvalue weighted by molar-refractivity contribution is -0.145. The number of halogens is 1. The molecule has 2 amide bonds. The summed E-state index contributed by atoms with van der Waals surface area (Å²) in [4.78, 5) is 32.0. The first kappa shape index (κ1) is 14.4. The Morgan fingerprint density at radius 2 is 1.88 bits per heavy atom. The van der Waals surface area contributed by atoms with E-state index in [0.717, 1.165) is 0 Å². The zero-order chi connectivity index (χ0) is 12.7. The third-order valence-electron chi connectivity index (χ3n) is 1.42. The molecule has 0 radical (unpaired) electrons. The smallest absolute Gasteiger partial charge is 0.326 e. The van der Waals surface area contributed by atoms with Crippen molar-refractivity contribution in [2.24, 2.45) is 0 Å². The summed E-state index contributed by atoms with van der Waals surface area (Å²) in [7, 11) is 0. The number of rotatable bonds is 6. The molecule has 0 bridgehead atoms. The second-order valence-corrected chi connectivity index (χ2v) is 3.95. The number of hydrogen-bond donors (Lipinski definition) is 4. The number of carbonyl (C=O) groups excluding carboxylic acids is 1. The number of amides is 2. The van der Waals surface area contributed by atoms with Crippen LogP contribution in [0.2, 0.25) is 0 Å². The quantitative estimate of drug-likeness (QED) is 0.555. The molecule has 8 heteroatoms. The fourth-order valence-corrected chi connectivity index (χ4v) is 0.900. The van der Waals surface area contributed by atoms with Gasteiger partial charge in [0.25, 0.3) is 0 Å². The van der Waals surface area contributed by atoms with E-state index in [2.05, 4.69) is 27.8 Å². The summed E-state index contributed by atoms with van der Waals surface area (Å²) in [6, 6.07) is -2.23. The number of hydrogen-bond acceptors (Lipinski definition) is 3. The van der Waals surface area contributed by atoms with Gasteiger partial charge in [-0.1, -0.05) is 22.5 Å². The minimum absolute atomic E-state index is 0.116. The second-order valence-electron chi connectivity index (χ2n) is 2.83. The van der Waals surface area contributed by atoms with Crippen LogP contribution in [0.3, 0.4) is 0 Å². The maximum absolute atomic E-state index is 11.1. The molecule has 1 atom stereocenters. The summed E-state index contributed by atoms with van der Waals surface area (Å²) in [5, 5.41) is 21.3. The van der Waals surface area contributed by atoms with Crippen LogP contribution >= 0.6 is 15.9 Å². The van der Waals surface area contributed by atoms with Gasteiger partial charge in [-0.05, 0) is 0 Å². The molecule has 0 spiro atoms. The summed E-state index contributed by atoms with van der Waals surface area (Å²) in [5.74, 6) is -2.71. The van der Waals surface area contributed by atoms with Crippen molar-refractivity contribution in [2.45, 2.75) is 12.5 Å². The summed E-state index contributed by atoms with van der Waals surface area (Å²) in [5.41, 5.74) is 0. The maximum Gasteiger partial charge on any atom is 0.326 e. The molecule has 4 N–H and O–H groups in total. The molecule has 0 aliphatic carbocycles. The van der Waals surface area contributed by atoms with Gasteiger partial charge >= 0.3 is 18.0 Å². The molecule has 0 aromatic carbocycles. The average Bonchev–Trinajstić information content (AvgIpc) is 2.12. The highest BCUT2D eigenvalue weighted by Gasteiger charge is 2.22. The van der Waals surface area contributed by atoms with Gasteiger partial charge in [0, 0.05) is 4.48 Å². The molecule has 0 aromatic rings. The molecule has 0 rings (SSSR count). The van der Waals surface area contributed by atoms with Crippen molar-refractivity contribution in [1.82, 2.24) is 10.6 Å². The lowest BCUT2D eigenvalue weighted by Gasteiger charge is -2.12. The molecule has 7 nitrogen and oxygen atoms in total. The molecule has 0 aliphatic rings. The fourth-order valence-electron chi connectivity index (χ4n) is 0.760. The molecule has 0 saturated carbocycles. The van der Waals surface area contributed by atoms with Crippen molar-refractivity contribution in [3.63, 3.8) is 0 Å². The fraction of sp³-hybridized carbons (Fsp3) is 0.375. The number of carbonyl (C=O) groups is 3. The van der Waals surface area contributed by atoms with Crippen molar-refractivity contribution < 1.29 is 24.6 Å². The van der Waals surface area contributed by atoms with Gasteiger partial charge in [-0.3, -0.25) is 4.79 Å². The topological polar surface area (TPSA) is 116 Å². The zero-order valence-electron chi connectivity index (χ0n) is 8.20. The second kappa shape index (κ2) is 6.83. The van der Waals surface area contributed by atoms with E-state index in [0.29, 0.717) is 4.48 Å². The molecular weight excluding hydrogens is 284 g/mol. The number of carboxylic acid groups (broad SMARTS) is 2. The zero-order valence-corrected chi connectivity index (χ0v) is 9.78. The van der Waals surface area contributed by atoms with Gasteiger partial charge in [0.1, 0.15) is 6.04 Å². The number of nitrogens with one attached hydrogen (secondary N) is 2. The highest BCUT2D eigenvalue weighted by atomic mass is 79.9. The highest BCUT2D eigenvalue weighted by Crippen LogP contribution is 1.97. The van der Waals surface area contributed by atoms with Crippen LogP contribution < -0.4 is 10.6 Å². The molecule has 0 heterocycles. The van der Waals surface area contributed by atoms with Crippen molar-refractivity contribution in [3.8, 4) is 0 Å². The maximum atomic E-state index is 11.1. The Labute approximate surface area is 99.6 Å². The van der Waals surface area contributed by atoms with E-state index in [1.165, 1.54) is 0 Å². The third kappa shape index (κ3) is 6.82. The minimum atomic E-state index is -1.46. The first-order chi connectivity index (χ1) is 7.32. The van der Waals surface area contributed by atoms with Crippen LogP contribution in [0, 0.1) is 0 Å². The predicted octanol–water partition coefficient (Wildman–Crippen LogP) is 0.122. The summed E-state index contributed by atoms with van der Waals surface area (Å²) >= 11 is 2.99. The summed E-state index contributed by atoms with van der Waals surface area (Å²) in [6.07, 6.45) is -0.683. The monoisotopic (exact) mass is 294 g/mol. The van der Waals surface area contributed by atoms with Crippen LogP contribution in [0.25, 0.3) is 0 Å². The van der Waals surface area contributed by atoms with Gasteiger partial charge in [0.15, 0.2) is 0 Å². The summed E-state index contributed by atoms with van der Waals surface area (Å²) < 4.78 is 0.507. The van der Waals surface area contributed by atoms with E-state index < -0.39 is 30.4 Å². The molecule has 0 aliphatic heterocycles. The van der Waals surface area contributed by atoms with Crippen molar-refractivity contribution >= 4 is 33.9 Å². The van der Waals surface area contributed by atoms with E-state index in [1.807, 2.05) is 5.32 Å². The van der Waals surface area contributed by atoms with E-state index in [4.69, 9.17) is 10.2 Å². The molecular formula is C8H11BrN2O5. The molecule has 0 fully saturated rings. The van der Waals surface area contributed by atoms with Crippen LogP contribution in [-0.2, 0) is 9.59 Å². The Bertz CT molecular complexity index is 318. The van der Waals surface area contributed by atoms with E-state index in [1.54, 1.807) is 0 Å². The van der Waals surface area contributed by atoms with Crippen molar-refractivity contribution in [3.05, 3.63) is 11.1 Å². The van der Waals surface area contributed by atoms with Crippen LogP contribution in [0.4, 0.5) is 4.79 Å². The van der Waals surface area contributed by atoms with Crippen LogP contribution in [0.5, 0.6) is 0 Å². The number of urea groups is 1. The van der Waals surface area contributed by atoms with Crippen molar-refractivity contribution in [1.29, 1.82) is 0 Å². The molecule has 0 saturated heterocycles. The van der Waals surface area contributed by atoms with Crippen molar-refractivity contribution in [2.75, 3.05) is 6.54 Å². The normalized spacial score (nSPS) is 11.3. The van der Waals surface area contributed by atoms with Crippen LogP contribution in [-0.4, -0.2) is 40.8 Å². The number of carboxylic acids is 2. The SMILES string of the molecule is C=C(Br)CNC(=O)N[C@@H](CC(=O)O)C(=O)O. The predicted molar refractivity (Wildman–Crippen MR) is 58.3 cm³/mol. The Kier molecular flexibility index (Phi) is 6.16. The first-order valence-corrected chi connectivity index (χ1v) is 4.94. The molecule has 90 valence electrons. The Morgan fingerprint density at radius 3 is 2.25 bits per heavy atom. The highest BCUT2D eigenvalue weighted by molar-refractivity contribution is 9.11. The van der Waals surface area contributed by atoms with Gasteiger partial charge in [0.05, 0.1) is 13.0 Å². The van der Waals surface area contributed by atoms with E-state index in [-0.39, 0.29) is 6.54 Å². The van der Waals surface area contributed by atoms with Crippen LogP contribution in [0.15, 0.2) is 11.1 Å². The van der Waals surface area contributed by atoms with Crippen LogP contribution in [0.1, 0.15) is 6.42 Å². The minimum Gasteiger partial charge on any atom is -0.481 e. The summed E-state index contributed by atoms with van der Waals surface area (Å²) in [6.45, 7) is 3.57. The Morgan fingerprint density at radius 1 is 1.31 bits per heavy atom. The first-order valence-electron chi connectivity index (χ1n) is 4.15. The Hall–Kier alpha value is -1.57. The van der Waals surface area contributed by atoms with Gasteiger partial charge in [0.2, 0.25) is 0 Å². The largest absolute Gasteiger partial charge is 0.481 e. The van der Waals surface area contributed by atoms with E-state index >= 15 is 0 Å². The van der Waals surface area contributed by atoms with Gasteiger partial charge in [-0.2, -0.15) is 0 Å². The van der Waals surface area contributed by atoms with Gasteiger partial charge < -0.3 is 20.8 Å². The number of aliphatic carboxylic acids is 2. The lowest BCUT2D eigenvalue weighted by atomic mass is 10.2. The van der Waals surface area contributed by atoms with Gasteiger partial charge in [-0.25, -0.2) is 9.59 Å². The van der Waals surface area contributed by atoms with E-state index in [9.17, 15) is 14.4 Å². The van der Waals surface area contributed by atoms with Gasteiger partial charge in [-0.15, -0.1) is 0 Å². The standard InChI is InChI=1S/C8H11BrN2O5/c1-4(9)3-10-8(16)11-5(7(14)15)2-6(12)13/h5H,1-3H2,(H,12,13)(H,14,15)(H2,10,11,16)/t5-/m0/s1. The molecule has 0 aromatic heterocycles. The molecule has 16 heavy (non-hydrogen) atoms. The Balaban J connectivity index is 4.18. The molecule has 0 unspecified atom stereocenters. The third-order valence-corrected chi connectivity index (χ3v) is 1.70. The average molecular weight is 295 g/mol.